The lowest BCUT2D eigenvalue weighted by atomic mass is 10.1. The summed E-state index contributed by atoms with van der Waals surface area (Å²) in [4.78, 5) is 0. The van der Waals surface area contributed by atoms with E-state index < -0.39 is 0 Å². The van der Waals surface area contributed by atoms with Gasteiger partial charge in [-0.3, -0.25) is 0 Å². The van der Waals surface area contributed by atoms with Crippen LogP contribution in [0.5, 0.6) is 0 Å². The lowest BCUT2D eigenvalue weighted by molar-refractivity contribution is 0.00485. The van der Waals surface area contributed by atoms with E-state index in [9.17, 15) is 0 Å². The van der Waals surface area contributed by atoms with Crippen LogP contribution in [0.15, 0.2) is 22.7 Å². The van der Waals surface area contributed by atoms with Gasteiger partial charge in [-0.15, -0.1) is 0 Å². The van der Waals surface area contributed by atoms with Crippen LogP contribution >= 0.6 is 27.5 Å². The number of morpholine rings is 1. The number of nitrogens with zero attached hydrogens (tertiary/aromatic N) is 1. The minimum Gasteiger partial charge on any atom is -0.379 e. The van der Waals surface area contributed by atoms with Gasteiger partial charge in [0.15, 0.2) is 0 Å². The Hall–Kier alpha value is -0.130. The van der Waals surface area contributed by atoms with E-state index in [4.69, 9.17) is 16.3 Å². The molecule has 1 N–H and O–H groups in total. The number of hydrazine groups is 1. The van der Waals surface area contributed by atoms with Crippen LogP contribution in [-0.4, -0.2) is 31.3 Å². The Kier molecular flexibility index (Phi) is 4.82. The molecule has 2 rings (SSSR count). The number of benzene rings is 1. The van der Waals surface area contributed by atoms with Crippen molar-refractivity contribution in [1.82, 2.24) is 10.4 Å². The number of ether oxygens (including phenoxy) is 1. The van der Waals surface area contributed by atoms with Crippen molar-refractivity contribution in [3.05, 3.63) is 33.3 Å². The van der Waals surface area contributed by atoms with Crippen LogP contribution in [0.2, 0.25) is 5.02 Å². The van der Waals surface area contributed by atoms with Gasteiger partial charge in [-0.25, -0.2) is 10.4 Å². The molecule has 1 aromatic rings. The van der Waals surface area contributed by atoms with Crippen molar-refractivity contribution >= 4 is 27.5 Å². The minimum absolute atomic E-state index is 0.202. The van der Waals surface area contributed by atoms with Gasteiger partial charge < -0.3 is 4.74 Å². The molecule has 0 amide bonds. The van der Waals surface area contributed by atoms with Crippen LogP contribution in [0.1, 0.15) is 18.5 Å². The third-order valence-electron chi connectivity index (χ3n) is 2.82. The Bertz CT molecular complexity index is 383. The average molecular weight is 320 g/mol. The summed E-state index contributed by atoms with van der Waals surface area (Å²) >= 11 is 9.64. The van der Waals surface area contributed by atoms with Crippen LogP contribution in [0.3, 0.4) is 0 Å². The summed E-state index contributed by atoms with van der Waals surface area (Å²) in [7, 11) is 0. The average Bonchev–Trinajstić information content (AvgIpc) is 2.30. The summed E-state index contributed by atoms with van der Waals surface area (Å²) in [5, 5.41) is 2.97. The van der Waals surface area contributed by atoms with Crippen molar-refractivity contribution in [3.63, 3.8) is 0 Å². The fourth-order valence-corrected chi connectivity index (χ4v) is 2.73. The van der Waals surface area contributed by atoms with Crippen molar-refractivity contribution in [2.24, 2.45) is 0 Å². The van der Waals surface area contributed by atoms with Crippen molar-refractivity contribution in [3.8, 4) is 0 Å². The van der Waals surface area contributed by atoms with E-state index in [0.29, 0.717) is 0 Å². The zero-order valence-electron chi connectivity index (χ0n) is 9.75. The first-order chi connectivity index (χ1) is 8.16. The van der Waals surface area contributed by atoms with Crippen molar-refractivity contribution in [2.45, 2.75) is 13.0 Å². The Morgan fingerprint density at radius 2 is 2.12 bits per heavy atom. The Balaban J connectivity index is 2.00. The third-order valence-corrected chi connectivity index (χ3v) is 3.64. The first-order valence-corrected chi connectivity index (χ1v) is 6.88. The van der Waals surface area contributed by atoms with Gasteiger partial charge in [0.25, 0.3) is 0 Å². The molecule has 0 aliphatic carbocycles. The molecule has 17 heavy (non-hydrogen) atoms. The quantitative estimate of drug-likeness (QED) is 0.927. The van der Waals surface area contributed by atoms with Crippen molar-refractivity contribution in [2.75, 3.05) is 26.3 Å². The Morgan fingerprint density at radius 1 is 1.41 bits per heavy atom. The molecule has 0 radical (unpaired) electrons. The summed E-state index contributed by atoms with van der Waals surface area (Å²) in [5.41, 5.74) is 4.56. The van der Waals surface area contributed by atoms with Gasteiger partial charge >= 0.3 is 0 Å². The Labute approximate surface area is 115 Å². The molecule has 0 spiro atoms. The van der Waals surface area contributed by atoms with Gasteiger partial charge in [0.1, 0.15) is 0 Å². The van der Waals surface area contributed by atoms with Gasteiger partial charge in [0.2, 0.25) is 0 Å². The molecule has 1 aliphatic rings. The maximum Gasteiger partial charge on any atom is 0.0608 e. The van der Waals surface area contributed by atoms with Crippen LogP contribution < -0.4 is 5.43 Å². The van der Waals surface area contributed by atoms with Gasteiger partial charge in [0.05, 0.1) is 13.2 Å². The van der Waals surface area contributed by atoms with Gasteiger partial charge in [-0.1, -0.05) is 33.6 Å². The summed E-state index contributed by atoms with van der Waals surface area (Å²) in [5.74, 6) is 0. The van der Waals surface area contributed by atoms with E-state index >= 15 is 0 Å². The zero-order chi connectivity index (χ0) is 12.3. The van der Waals surface area contributed by atoms with Crippen molar-refractivity contribution < 1.29 is 4.74 Å². The summed E-state index contributed by atoms with van der Waals surface area (Å²) in [6, 6.07) is 6.19. The summed E-state index contributed by atoms with van der Waals surface area (Å²) in [6.07, 6.45) is 0. The molecular weight excluding hydrogens is 304 g/mol. The van der Waals surface area contributed by atoms with E-state index in [1.807, 2.05) is 18.2 Å². The molecule has 3 nitrogen and oxygen atoms in total. The first-order valence-electron chi connectivity index (χ1n) is 5.70. The first kappa shape index (κ1) is 13.3. The predicted molar refractivity (Wildman–Crippen MR) is 73.1 cm³/mol. The van der Waals surface area contributed by atoms with Gasteiger partial charge in [0, 0.05) is 28.6 Å². The zero-order valence-corrected chi connectivity index (χ0v) is 12.1. The SMILES string of the molecule is CC(NN1CCOCC1)c1ccc(Br)cc1Cl. The second kappa shape index (κ2) is 6.16. The summed E-state index contributed by atoms with van der Waals surface area (Å²) < 4.78 is 6.32. The van der Waals surface area contributed by atoms with Gasteiger partial charge in [-0.2, -0.15) is 0 Å². The Morgan fingerprint density at radius 3 is 2.76 bits per heavy atom. The molecule has 1 fully saturated rings. The second-order valence-corrected chi connectivity index (χ2v) is 5.44. The molecule has 1 saturated heterocycles. The molecule has 1 aliphatic heterocycles. The highest BCUT2D eigenvalue weighted by Gasteiger charge is 2.15. The van der Waals surface area contributed by atoms with E-state index in [1.54, 1.807) is 0 Å². The lowest BCUT2D eigenvalue weighted by Gasteiger charge is -2.30. The molecule has 0 aromatic heterocycles. The van der Waals surface area contributed by atoms with E-state index in [1.165, 1.54) is 0 Å². The normalized spacial score (nSPS) is 19.2. The highest BCUT2D eigenvalue weighted by molar-refractivity contribution is 9.10. The monoisotopic (exact) mass is 318 g/mol. The van der Waals surface area contributed by atoms with Crippen LogP contribution in [0.4, 0.5) is 0 Å². The number of hydrogen-bond acceptors (Lipinski definition) is 3. The molecule has 1 aromatic carbocycles. The van der Waals surface area contributed by atoms with Gasteiger partial charge in [-0.05, 0) is 24.6 Å². The van der Waals surface area contributed by atoms with E-state index in [0.717, 1.165) is 41.4 Å². The fourth-order valence-electron chi connectivity index (χ4n) is 1.89. The summed E-state index contributed by atoms with van der Waals surface area (Å²) in [6.45, 7) is 5.52. The lowest BCUT2D eigenvalue weighted by Crippen LogP contribution is -2.46. The predicted octanol–water partition coefficient (Wildman–Crippen LogP) is 3.00. The number of hydrogen-bond donors (Lipinski definition) is 1. The number of nitrogens with one attached hydrogen (secondary N) is 1. The van der Waals surface area contributed by atoms with Crippen LogP contribution in [0, 0.1) is 0 Å². The van der Waals surface area contributed by atoms with Crippen LogP contribution in [0.25, 0.3) is 0 Å². The molecule has 1 atom stereocenters. The largest absolute Gasteiger partial charge is 0.379 e. The van der Waals surface area contributed by atoms with Crippen molar-refractivity contribution in [1.29, 1.82) is 0 Å². The topological polar surface area (TPSA) is 24.5 Å². The molecule has 1 unspecified atom stereocenters. The fraction of sp³-hybridized carbons (Fsp3) is 0.500. The third kappa shape index (κ3) is 3.66. The second-order valence-electron chi connectivity index (χ2n) is 4.12. The maximum absolute atomic E-state index is 6.23. The maximum atomic E-state index is 6.23. The smallest absolute Gasteiger partial charge is 0.0608 e. The van der Waals surface area contributed by atoms with E-state index in [2.05, 4.69) is 33.3 Å². The molecular formula is C12H16BrClN2O. The molecule has 94 valence electrons. The van der Waals surface area contributed by atoms with Crippen LogP contribution in [-0.2, 0) is 4.74 Å². The number of rotatable bonds is 3. The highest BCUT2D eigenvalue weighted by Crippen LogP contribution is 2.26. The standard InChI is InChI=1S/C12H16BrClN2O/c1-9(15-16-4-6-17-7-5-16)11-3-2-10(13)8-12(11)14/h2-3,8-9,15H,4-7H2,1H3. The molecule has 0 bridgehead atoms. The molecule has 0 saturated carbocycles. The number of halogens is 2. The minimum atomic E-state index is 0.202. The molecule has 1 heterocycles. The molecule has 5 heteroatoms. The van der Waals surface area contributed by atoms with E-state index in [-0.39, 0.29) is 6.04 Å². The highest BCUT2D eigenvalue weighted by atomic mass is 79.9.